The van der Waals surface area contributed by atoms with Crippen molar-refractivity contribution >= 4 is 0 Å². The molecule has 2 atom stereocenters. The van der Waals surface area contributed by atoms with Gasteiger partial charge in [0.25, 0.3) is 0 Å². The summed E-state index contributed by atoms with van der Waals surface area (Å²) >= 11 is 0. The van der Waals surface area contributed by atoms with E-state index < -0.39 is 17.2 Å². The van der Waals surface area contributed by atoms with Crippen molar-refractivity contribution in [2.24, 2.45) is 5.92 Å². The Morgan fingerprint density at radius 2 is 1.35 bits per heavy atom. The van der Waals surface area contributed by atoms with Crippen molar-refractivity contribution in [3.63, 3.8) is 0 Å². The third-order valence-electron chi connectivity index (χ3n) is 8.05. The van der Waals surface area contributed by atoms with Crippen LogP contribution in [0.2, 0.25) is 0 Å². The first-order chi connectivity index (χ1) is 17.9. The van der Waals surface area contributed by atoms with Crippen LogP contribution in [0.15, 0.2) is 84.9 Å². The number of halogens is 3. The third kappa shape index (κ3) is 6.43. The molecule has 0 spiro atoms. The van der Waals surface area contributed by atoms with Crippen molar-refractivity contribution in [3.8, 4) is 6.07 Å². The Labute approximate surface area is 218 Å². The van der Waals surface area contributed by atoms with Crippen molar-refractivity contribution in [1.29, 1.82) is 5.26 Å². The molecule has 3 aromatic carbocycles. The molecular formula is C32H35F3N2. The van der Waals surface area contributed by atoms with Crippen LogP contribution in [-0.2, 0) is 24.7 Å². The number of nitriles is 1. The summed E-state index contributed by atoms with van der Waals surface area (Å²) in [5, 5.41) is 10.5. The average molecular weight is 505 g/mol. The van der Waals surface area contributed by atoms with Gasteiger partial charge in [-0.1, -0.05) is 86.1 Å². The van der Waals surface area contributed by atoms with Gasteiger partial charge >= 0.3 is 6.18 Å². The van der Waals surface area contributed by atoms with Crippen molar-refractivity contribution in [2.45, 2.75) is 76.2 Å². The second-order valence-electron chi connectivity index (χ2n) is 10.3. The largest absolute Gasteiger partial charge is 0.416 e. The van der Waals surface area contributed by atoms with Crippen LogP contribution in [0.25, 0.3) is 0 Å². The monoisotopic (exact) mass is 504 g/mol. The average Bonchev–Trinajstić information content (AvgIpc) is 2.88. The molecule has 1 saturated carbocycles. The summed E-state index contributed by atoms with van der Waals surface area (Å²) in [4.78, 5) is 2.49. The zero-order valence-electron chi connectivity index (χ0n) is 21.4. The number of rotatable bonds is 11. The Morgan fingerprint density at radius 3 is 1.76 bits per heavy atom. The minimum atomic E-state index is -4.38. The lowest BCUT2D eigenvalue weighted by molar-refractivity contribution is -0.137. The van der Waals surface area contributed by atoms with Gasteiger partial charge in [0.15, 0.2) is 0 Å². The molecule has 0 amide bonds. The van der Waals surface area contributed by atoms with Gasteiger partial charge in [0, 0.05) is 19.1 Å². The molecule has 194 valence electrons. The van der Waals surface area contributed by atoms with Gasteiger partial charge in [0.1, 0.15) is 0 Å². The molecular weight excluding hydrogens is 469 g/mol. The fourth-order valence-electron chi connectivity index (χ4n) is 5.64. The molecule has 3 aromatic rings. The lowest BCUT2D eigenvalue weighted by Gasteiger charge is -2.42. The first kappa shape index (κ1) is 26.9. The highest BCUT2D eigenvalue weighted by Gasteiger charge is 2.44. The first-order valence-corrected chi connectivity index (χ1v) is 13.3. The number of alkyl halides is 3. The fraction of sp³-hybridized carbons (Fsp3) is 0.406. The van der Waals surface area contributed by atoms with Gasteiger partial charge in [-0.25, -0.2) is 0 Å². The van der Waals surface area contributed by atoms with E-state index in [0.717, 1.165) is 62.9 Å². The Morgan fingerprint density at radius 1 is 0.838 bits per heavy atom. The van der Waals surface area contributed by atoms with E-state index in [1.807, 2.05) is 12.1 Å². The Hall–Kier alpha value is -3.10. The van der Waals surface area contributed by atoms with Gasteiger partial charge in [-0.2, -0.15) is 18.4 Å². The van der Waals surface area contributed by atoms with Crippen LogP contribution in [0.3, 0.4) is 0 Å². The maximum absolute atomic E-state index is 13.2. The molecule has 0 heterocycles. The predicted octanol–water partition coefficient (Wildman–Crippen LogP) is 8.53. The molecule has 4 rings (SSSR count). The molecule has 5 heteroatoms. The molecule has 0 saturated heterocycles. The Bertz CT molecular complexity index is 1110. The van der Waals surface area contributed by atoms with Crippen LogP contribution in [-0.4, -0.2) is 10.9 Å². The number of hydrogen-bond donors (Lipinski definition) is 0. The summed E-state index contributed by atoms with van der Waals surface area (Å²) in [6.07, 6.45) is 0.956. The molecule has 2 nitrogen and oxygen atoms in total. The lowest BCUT2D eigenvalue weighted by atomic mass is 9.60. The first-order valence-electron chi connectivity index (χ1n) is 13.3. The summed E-state index contributed by atoms with van der Waals surface area (Å²) in [7, 11) is 0. The SMILES string of the molecule is CCC(CCC(C#N)(c1ccc(C(F)(F)F)cc1)C1CCC1)N(Cc1ccccc1)Cc1ccccc1. The summed E-state index contributed by atoms with van der Waals surface area (Å²) < 4.78 is 39.6. The van der Waals surface area contributed by atoms with E-state index in [1.54, 1.807) is 0 Å². The quantitative estimate of drug-likeness (QED) is 0.262. The second-order valence-corrected chi connectivity index (χ2v) is 10.3. The zero-order chi connectivity index (χ0) is 26.3. The molecule has 0 N–H and O–H groups in total. The number of benzene rings is 3. The summed E-state index contributed by atoms with van der Waals surface area (Å²) in [5.41, 5.74) is 1.77. The van der Waals surface area contributed by atoms with Crippen molar-refractivity contribution in [2.75, 3.05) is 0 Å². The minimum absolute atomic E-state index is 0.184. The van der Waals surface area contributed by atoms with Crippen LogP contribution in [0, 0.1) is 17.2 Å². The van der Waals surface area contributed by atoms with E-state index in [1.165, 1.54) is 23.3 Å². The van der Waals surface area contributed by atoms with Gasteiger partial charge in [0.05, 0.1) is 17.0 Å². The molecule has 2 unspecified atom stereocenters. The molecule has 37 heavy (non-hydrogen) atoms. The summed E-state index contributed by atoms with van der Waals surface area (Å²) in [6.45, 7) is 3.79. The van der Waals surface area contributed by atoms with E-state index in [0.29, 0.717) is 6.42 Å². The van der Waals surface area contributed by atoms with Gasteiger partial charge in [-0.05, 0) is 66.8 Å². The Kier molecular flexibility index (Phi) is 8.71. The smallest absolute Gasteiger partial charge is 0.292 e. The summed E-state index contributed by atoms with van der Waals surface area (Å²) in [6, 6.07) is 29.0. The topological polar surface area (TPSA) is 27.0 Å². The van der Waals surface area contributed by atoms with Crippen LogP contribution in [0.4, 0.5) is 13.2 Å². The second kappa shape index (κ2) is 12.0. The van der Waals surface area contributed by atoms with E-state index in [9.17, 15) is 18.4 Å². The summed E-state index contributed by atoms with van der Waals surface area (Å²) in [5.74, 6) is 0.184. The third-order valence-corrected chi connectivity index (χ3v) is 8.05. The molecule has 0 aliphatic heterocycles. The van der Waals surface area contributed by atoms with Crippen LogP contribution < -0.4 is 0 Å². The van der Waals surface area contributed by atoms with Crippen molar-refractivity contribution < 1.29 is 13.2 Å². The van der Waals surface area contributed by atoms with Gasteiger partial charge in [-0.15, -0.1) is 0 Å². The minimum Gasteiger partial charge on any atom is -0.292 e. The zero-order valence-corrected chi connectivity index (χ0v) is 21.4. The normalized spacial score (nSPS) is 16.5. The highest BCUT2D eigenvalue weighted by molar-refractivity contribution is 5.37. The number of hydrogen-bond acceptors (Lipinski definition) is 2. The van der Waals surface area contributed by atoms with E-state index in [-0.39, 0.29) is 12.0 Å². The van der Waals surface area contributed by atoms with Gasteiger partial charge < -0.3 is 0 Å². The number of nitrogens with zero attached hydrogens (tertiary/aromatic N) is 2. The van der Waals surface area contributed by atoms with Crippen LogP contribution >= 0.6 is 0 Å². The Balaban J connectivity index is 1.59. The maximum atomic E-state index is 13.2. The van der Waals surface area contributed by atoms with E-state index in [2.05, 4.69) is 66.4 Å². The maximum Gasteiger partial charge on any atom is 0.416 e. The van der Waals surface area contributed by atoms with Crippen LogP contribution in [0.1, 0.15) is 67.7 Å². The van der Waals surface area contributed by atoms with Crippen molar-refractivity contribution in [3.05, 3.63) is 107 Å². The molecule has 0 radical (unpaired) electrons. The van der Waals surface area contributed by atoms with Gasteiger partial charge in [0.2, 0.25) is 0 Å². The van der Waals surface area contributed by atoms with E-state index >= 15 is 0 Å². The molecule has 1 fully saturated rings. The fourth-order valence-corrected chi connectivity index (χ4v) is 5.64. The van der Waals surface area contributed by atoms with Gasteiger partial charge in [-0.3, -0.25) is 4.90 Å². The lowest BCUT2D eigenvalue weighted by Crippen LogP contribution is -2.41. The molecule has 0 aromatic heterocycles. The highest BCUT2D eigenvalue weighted by Crippen LogP contribution is 2.48. The molecule has 1 aliphatic carbocycles. The standard InChI is InChI=1S/C32H35F3N2/c1-2-30(37(22-25-10-5-3-6-11-25)23-26-12-7-4-8-13-26)20-21-31(24-36,27-14-9-15-27)28-16-18-29(19-17-28)32(33,34)35/h3-8,10-13,16-19,27,30H,2,9,14-15,20-23H2,1H3. The molecule has 1 aliphatic rings. The highest BCUT2D eigenvalue weighted by atomic mass is 19.4. The van der Waals surface area contributed by atoms with Crippen molar-refractivity contribution in [1.82, 2.24) is 4.90 Å². The van der Waals surface area contributed by atoms with E-state index in [4.69, 9.17) is 0 Å². The predicted molar refractivity (Wildman–Crippen MR) is 142 cm³/mol. The molecule has 0 bridgehead atoms. The van der Waals surface area contributed by atoms with Crippen LogP contribution in [0.5, 0.6) is 0 Å².